The summed E-state index contributed by atoms with van der Waals surface area (Å²) in [5.74, 6) is 0.490. The number of allylic oxidation sites excluding steroid dienone is 1. The molecule has 0 spiro atoms. The number of aromatic nitrogens is 2. The number of aryl methyl sites for hydroxylation is 1. The number of benzene rings is 1. The lowest BCUT2D eigenvalue weighted by molar-refractivity contribution is 0.694. The largest absolute Gasteiger partial charge is 0.261 e. The van der Waals surface area contributed by atoms with Gasteiger partial charge in [0.1, 0.15) is 5.03 Å². The lowest BCUT2D eigenvalue weighted by Crippen LogP contribution is -1.95. The summed E-state index contributed by atoms with van der Waals surface area (Å²) >= 11 is 7.50. The van der Waals surface area contributed by atoms with Crippen molar-refractivity contribution in [3.63, 3.8) is 0 Å². The molecule has 0 fully saturated rings. The Morgan fingerprint density at radius 3 is 2.78 bits per heavy atom. The molecule has 0 bridgehead atoms. The quantitative estimate of drug-likeness (QED) is 0.610. The van der Waals surface area contributed by atoms with Crippen LogP contribution in [0.3, 0.4) is 0 Å². The molecule has 0 aliphatic heterocycles. The molecule has 1 aromatic heterocycles. The normalized spacial score (nSPS) is 10.6. The van der Waals surface area contributed by atoms with Gasteiger partial charge in [-0.05, 0) is 18.6 Å². The van der Waals surface area contributed by atoms with Gasteiger partial charge in [-0.2, -0.15) is 5.10 Å². The molecule has 2 aromatic rings. The number of nitrogens with zero attached hydrogens (tertiary/aromatic N) is 2. The molecule has 1 aromatic carbocycles. The Morgan fingerprint density at radius 1 is 1.39 bits per heavy atom. The van der Waals surface area contributed by atoms with E-state index in [0.717, 1.165) is 17.0 Å². The first-order valence-electron chi connectivity index (χ1n) is 5.67. The average Bonchev–Trinajstić information content (AvgIpc) is 2.72. The number of hydrogen-bond acceptors (Lipinski definition) is 2. The van der Waals surface area contributed by atoms with Crippen LogP contribution in [0.4, 0.5) is 0 Å². The van der Waals surface area contributed by atoms with E-state index in [-0.39, 0.29) is 0 Å². The third kappa shape index (κ3) is 3.18. The monoisotopic (exact) mass is 278 g/mol. The summed E-state index contributed by atoms with van der Waals surface area (Å²) in [5.41, 5.74) is 2.19. The lowest BCUT2D eigenvalue weighted by atomic mass is 10.1. The first-order valence-corrected chi connectivity index (χ1v) is 7.02. The van der Waals surface area contributed by atoms with E-state index in [9.17, 15) is 0 Å². The van der Waals surface area contributed by atoms with Gasteiger partial charge in [-0.3, -0.25) is 4.68 Å². The summed E-state index contributed by atoms with van der Waals surface area (Å²) in [5, 5.41) is 5.46. The van der Waals surface area contributed by atoms with Crippen molar-refractivity contribution in [1.29, 1.82) is 0 Å². The molecule has 0 N–H and O–H groups in total. The molecule has 4 heteroatoms. The highest BCUT2D eigenvalue weighted by Crippen LogP contribution is 2.30. The molecule has 0 atom stereocenters. The zero-order chi connectivity index (χ0) is 13.0. The fourth-order valence-electron chi connectivity index (χ4n) is 1.64. The number of rotatable bonds is 5. The third-order valence-corrected chi connectivity index (χ3v) is 4.15. The van der Waals surface area contributed by atoms with Gasteiger partial charge in [0.25, 0.3) is 0 Å². The maximum Gasteiger partial charge on any atom is 0.102 e. The molecule has 94 valence electrons. The van der Waals surface area contributed by atoms with Gasteiger partial charge in [-0.15, -0.1) is 11.6 Å². The maximum atomic E-state index is 5.79. The first-order chi connectivity index (χ1) is 8.70. The van der Waals surface area contributed by atoms with E-state index in [0.29, 0.717) is 5.88 Å². The summed E-state index contributed by atoms with van der Waals surface area (Å²) < 4.78 is 1.90. The summed E-state index contributed by atoms with van der Waals surface area (Å²) in [6.45, 7) is 3.95. The van der Waals surface area contributed by atoms with Gasteiger partial charge in [-0.1, -0.05) is 42.1 Å². The summed E-state index contributed by atoms with van der Waals surface area (Å²) in [6.07, 6.45) is 2.68. The van der Waals surface area contributed by atoms with Crippen LogP contribution in [0.15, 0.2) is 58.6 Å². The van der Waals surface area contributed by atoms with Gasteiger partial charge in [0.15, 0.2) is 0 Å². The van der Waals surface area contributed by atoms with Crippen molar-refractivity contribution < 1.29 is 0 Å². The SMILES string of the molecule is C=C(CCl)Cc1cnn(C)c1Sc1ccccc1. The lowest BCUT2D eigenvalue weighted by Gasteiger charge is -2.06. The van der Waals surface area contributed by atoms with Gasteiger partial charge in [-0.25, -0.2) is 0 Å². The van der Waals surface area contributed by atoms with Crippen molar-refractivity contribution in [2.45, 2.75) is 16.3 Å². The number of hydrogen-bond donors (Lipinski definition) is 0. The van der Waals surface area contributed by atoms with Gasteiger partial charge in [0.05, 0.1) is 6.20 Å². The Morgan fingerprint density at radius 2 is 2.11 bits per heavy atom. The molecule has 0 amide bonds. The second-order valence-corrected chi connectivity index (χ2v) is 5.40. The molecule has 1 heterocycles. The molecule has 2 rings (SSSR count). The van der Waals surface area contributed by atoms with Crippen LogP contribution < -0.4 is 0 Å². The van der Waals surface area contributed by atoms with Gasteiger partial charge in [0.2, 0.25) is 0 Å². The van der Waals surface area contributed by atoms with Gasteiger partial charge in [0, 0.05) is 23.4 Å². The number of alkyl halides is 1. The molecule has 2 nitrogen and oxygen atoms in total. The predicted molar refractivity (Wildman–Crippen MR) is 77.3 cm³/mol. The fraction of sp³-hybridized carbons (Fsp3) is 0.214. The van der Waals surface area contributed by atoms with Crippen LogP contribution in [-0.2, 0) is 13.5 Å². The summed E-state index contributed by atoms with van der Waals surface area (Å²) in [6, 6.07) is 10.3. The zero-order valence-electron chi connectivity index (χ0n) is 10.3. The highest BCUT2D eigenvalue weighted by Gasteiger charge is 2.10. The van der Waals surface area contributed by atoms with Crippen LogP contribution in [-0.4, -0.2) is 15.7 Å². The Hall–Kier alpha value is -1.19. The molecule has 0 aliphatic carbocycles. The molecule has 0 unspecified atom stereocenters. The molecular formula is C14H15ClN2S. The van der Waals surface area contributed by atoms with Crippen molar-refractivity contribution >= 4 is 23.4 Å². The van der Waals surface area contributed by atoms with Crippen molar-refractivity contribution in [2.75, 3.05) is 5.88 Å². The minimum atomic E-state index is 0.490. The average molecular weight is 279 g/mol. The van der Waals surface area contributed by atoms with Crippen LogP contribution in [0.25, 0.3) is 0 Å². The van der Waals surface area contributed by atoms with Gasteiger partial charge >= 0.3 is 0 Å². The standard InChI is InChI=1S/C14H15ClN2S/c1-11(9-15)8-12-10-16-17(2)14(12)18-13-6-4-3-5-7-13/h3-7,10H,1,8-9H2,2H3. The summed E-state index contributed by atoms with van der Waals surface area (Å²) in [4.78, 5) is 1.21. The molecular weight excluding hydrogens is 264 g/mol. The Labute approximate surface area is 117 Å². The zero-order valence-corrected chi connectivity index (χ0v) is 11.8. The van der Waals surface area contributed by atoms with Crippen molar-refractivity contribution in [2.24, 2.45) is 7.05 Å². The second-order valence-electron chi connectivity index (χ2n) is 4.07. The summed E-state index contributed by atoms with van der Waals surface area (Å²) in [7, 11) is 1.96. The van der Waals surface area contributed by atoms with E-state index in [4.69, 9.17) is 11.6 Å². The van der Waals surface area contributed by atoms with E-state index < -0.39 is 0 Å². The highest BCUT2D eigenvalue weighted by molar-refractivity contribution is 7.99. The molecule has 18 heavy (non-hydrogen) atoms. The Balaban J connectivity index is 2.22. The van der Waals surface area contributed by atoms with E-state index in [1.165, 1.54) is 10.5 Å². The number of halogens is 1. The third-order valence-electron chi connectivity index (χ3n) is 2.54. The molecule has 0 saturated carbocycles. The fourth-order valence-corrected chi connectivity index (χ4v) is 2.69. The van der Waals surface area contributed by atoms with Crippen molar-refractivity contribution in [1.82, 2.24) is 9.78 Å². The smallest absolute Gasteiger partial charge is 0.102 e. The molecule has 0 saturated heterocycles. The Bertz CT molecular complexity index is 534. The minimum absolute atomic E-state index is 0.490. The van der Waals surface area contributed by atoms with Crippen molar-refractivity contribution in [3.8, 4) is 0 Å². The predicted octanol–water partition coefficient (Wildman–Crippen LogP) is 3.91. The van der Waals surface area contributed by atoms with Crippen LogP contribution in [0.5, 0.6) is 0 Å². The maximum absolute atomic E-state index is 5.79. The van der Waals surface area contributed by atoms with E-state index >= 15 is 0 Å². The van der Waals surface area contributed by atoms with E-state index in [1.807, 2.05) is 36.1 Å². The Kier molecular flexibility index (Phi) is 4.50. The molecule has 0 aliphatic rings. The molecule has 0 radical (unpaired) electrons. The van der Waals surface area contributed by atoms with Crippen LogP contribution in [0, 0.1) is 0 Å². The first kappa shape index (κ1) is 13.2. The van der Waals surface area contributed by atoms with E-state index in [2.05, 4.69) is 23.8 Å². The van der Waals surface area contributed by atoms with Crippen LogP contribution in [0.1, 0.15) is 5.56 Å². The second kappa shape index (κ2) is 6.12. The highest BCUT2D eigenvalue weighted by atomic mass is 35.5. The van der Waals surface area contributed by atoms with Gasteiger partial charge < -0.3 is 0 Å². The van der Waals surface area contributed by atoms with Crippen LogP contribution in [0.2, 0.25) is 0 Å². The van der Waals surface area contributed by atoms with Crippen LogP contribution >= 0.6 is 23.4 Å². The topological polar surface area (TPSA) is 17.8 Å². The van der Waals surface area contributed by atoms with Crippen molar-refractivity contribution in [3.05, 3.63) is 54.2 Å². The van der Waals surface area contributed by atoms with E-state index in [1.54, 1.807) is 11.8 Å². The minimum Gasteiger partial charge on any atom is -0.261 e.